The lowest BCUT2D eigenvalue weighted by Gasteiger charge is -2.35. The van der Waals surface area contributed by atoms with Crippen LogP contribution in [0.15, 0.2) is 0 Å². The first-order valence-electron chi connectivity index (χ1n) is 7.59. The molecule has 104 valence electrons. The molecule has 1 amide bonds. The van der Waals surface area contributed by atoms with Gasteiger partial charge in [0.25, 0.3) is 0 Å². The van der Waals surface area contributed by atoms with E-state index in [0.29, 0.717) is 17.9 Å². The van der Waals surface area contributed by atoms with Crippen LogP contribution < -0.4 is 5.32 Å². The minimum Gasteiger partial charge on any atom is -0.353 e. The van der Waals surface area contributed by atoms with Gasteiger partial charge in [-0.25, -0.2) is 0 Å². The molecule has 2 unspecified atom stereocenters. The highest BCUT2D eigenvalue weighted by Crippen LogP contribution is 2.41. The molecule has 0 aliphatic heterocycles. The Labute approximate surface area is 119 Å². The first-order chi connectivity index (χ1) is 8.72. The number of halogens is 1. The van der Waals surface area contributed by atoms with E-state index in [-0.39, 0.29) is 5.41 Å². The molecular formula is C15H26BrNO. The first kappa shape index (κ1) is 14.4. The van der Waals surface area contributed by atoms with Crippen molar-refractivity contribution in [2.75, 3.05) is 5.33 Å². The molecule has 0 heterocycles. The Morgan fingerprint density at radius 3 is 2.50 bits per heavy atom. The number of rotatable bonds is 4. The van der Waals surface area contributed by atoms with Gasteiger partial charge in [0.1, 0.15) is 0 Å². The van der Waals surface area contributed by atoms with E-state index in [1.165, 1.54) is 38.5 Å². The third kappa shape index (κ3) is 2.92. The van der Waals surface area contributed by atoms with Crippen LogP contribution in [0.25, 0.3) is 0 Å². The van der Waals surface area contributed by atoms with Crippen LogP contribution in [0.1, 0.15) is 64.7 Å². The molecule has 2 aliphatic rings. The summed E-state index contributed by atoms with van der Waals surface area (Å²) in [6, 6.07) is 0.412. The maximum atomic E-state index is 12.6. The molecule has 0 spiro atoms. The van der Waals surface area contributed by atoms with Gasteiger partial charge in [0.2, 0.25) is 5.91 Å². The van der Waals surface area contributed by atoms with Crippen molar-refractivity contribution in [2.24, 2.45) is 11.3 Å². The summed E-state index contributed by atoms with van der Waals surface area (Å²) in [5.74, 6) is 0.985. The van der Waals surface area contributed by atoms with E-state index in [4.69, 9.17) is 0 Å². The predicted molar refractivity (Wildman–Crippen MR) is 78.9 cm³/mol. The second-order valence-electron chi connectivity index (χ2n) is 6.12. The van der Waals surface area contributed by atoms with E-state index >= 15 is 0 Å². The van der Waals surface area contributed by atoms with Gasteiger partial charge in [-0.1, -0.05) is 48.5 Å². The number of alkyl halides is 1. The molecular weight excluding hydrogens is 290 g/mol. The van der Waals surface area contributed by atoms with Crippen molar-refractivity contribution < 1.29 is 4.79 Å². The third-order valence-corrected chi connectivity index (χ3v) is 5.97. The zero-order valence-corrected chi connectivity index (χ0v) is 13.1. The van der Waals surface area contributed by atoms with E-state index in [1.807, 2.05) is 0 Å². The molecule has 2 atom stereocenters. The fraction of sp³-hybridized carbons (Fsp3) is 0.933. The van der Waals surface area contributed by atoms with Gasteiger partial charge in [-0.15, -0.1) is 0 Å². The number of hydrogen-bond acceptors (Lipinski definition) is 1. The van der Waals surface area contributed by atoms with E-state index in [2.05, 4.69) is 28.2 Å². The maximum Gasteiger partial charge on any atom is 0.226 e. The van der Waals surface area contributed by atoms with Crippen LogP contribution in [-0.4, -0.2) is 17.3 Å². The van der Waals surface area contributed by atoms with Gasteiger partial charge in [-0.2, -0.15) is 0 Å². The lowest BCUT2D eigenvalue weighted by atomic mass is 9.80. The monoisotopic (exact) mass is 315 g/mol. The number of amides is 1. The maximum absolute atomic E-state index is 12.6. The molecule has 0 aromatic rings. The predicted octanol–water partition coefficient (Wildman–Crippen LogP) is 4.03. The van der Waals surface area contributed by atoms with E-state index in [0.717, 1.165) is 24.6 Å². The summed E-state index contributed by atoms with van der Waals surface area (Å²) in [5.41, 5.74) is -0.0334. The van der Waals surface area contributed by atoms with Crippen molar-refractivity contribution in [1.82, 2.24) is 5.32 Å². The Morgan fingerprint density at radius 2 is 1.89 bits per heavy atom. The molecule has 18 heavy (non-hydrogen) atoms. The van der Waals surface area contributed by atoms with Crippen molar-refractivity contribution in [2.45, 2.75) is 70.8 Å². The quantitative estimate of drug-likeness (QED) is 0.780. The van der Waals surface area contributed by atoms with E-state index in [1.54, 1.807) is 0 Å². The Kier molecular flexibility index (Phi) is 5.11. The van der Waals surface area contributed by atoms with Crippen molar-refractivity contribution >= 4 is 21.8 Å². The van der Waals surface area contributed by atoms with Gasteiger partial charge < -0.3 is 5.32 Å². The number of nitrogens with one attached hydrogen (secondary N) is 1. The molecule has 0 radical (unpaired) electrons. The average Bonchev–Trinajstić information content (AvgIpc) is 2.89. The standard InChI is InChI=1S/C15H26BrNO/c1-2-15(9-5-6-10-15)14(18)17-13-8-4-3-7-12(13)11-16/h12-13H,2-11H2,1H3,(H,17,18). The lowest BCUT2D eigenvalue weighted by Crippen LogP contribution is -2.48. The Balaban J connectivity index is 1.96. The summed E-state index contributed by atoms with van der Waals surface area (Å²) in [5, 5.41) is 4.41. The molecule has 3 heteroatoms. The molecule has 2 aliphatic carbocycles. The number of hydrogen-bond donors (Lipinski definition) is 1. The summed E-state index contributed by atoms with van der Waals surface area (Å²) in [6.07, 6.45) is 10.7. The van der Waals surface area contributed by atoms with Gasteiger partial charge >= 0.3 is 0 Å². The van der Waals surface area contributed by atoms with Crippen LogP contribution in [-0.2, 0) is 4.79 Å². The fourth-order valence-corrected chi connectivity index (χ4v) is 4.47. The van der Waals surface area contributed by atoms with Gasteiger partial charge in [0, 0.05) is 16.8 Å². The van der Waals surface area contributed by atoms with Crippen molar-refractivity contribution in [3.05, 3.63) is 0 Å². The summed E-state index contributed by atoms with van der Waals surface area (Å²) >= 11 is 3.60. The van der Waals surface area contributed by atoms with Gasteiger partial charge in [-0.05, 0) is 38.0 Å². The van der Waals surface area contributed by atoms with Crippen LogP contribution in [0.4, 0.5) is 0 Å². The van der Waals surface area contributed by atoms with E-state index in [9.17, 15) is 4.79 Å². The minimum atomic E-state index is -0.0334. The SMILES string of the molecule is CCC1(C(=O)NC2CCCCC2CBr)CCCC1. The molecule has 0 aromatic heterocycles. The summed E-state index contributed by atoms with van der Waals surface area (Å²) in [6.45, 7) is 2.17. The molecule has 0 aromatic carbocycles. The van der Waals surface area contributed by atoms with Gasteiger partial charge in [0.15, 0.2) is 0 Å². The summed E-state index contributed by atoms with van der Waals surface area (Å²) in [7, 11) is 0. The van der Waals surface area contributed by atoms with Crippen LogP contribution in [0.2, 0.25) is 0 Å². The molecule has 2 fully saturated rings. The lowest BCUT2D eigenvalue weighted by molar-refractivity contribution is -0.132. The minimum absolute atomic E-state index is 0.0334. The van der Waals surface area contributed by atoms with Crippen LogP contribution in [0.5, 0.6) is 0 Å². The Bertz CT molecular complexity index is 286. The highest BCUT2D eigenvalue weighted by Gasteiger charge is 2.40. The second-order valence-corrected chi connectivity index (χ2v) is 6.77. The molecule has 0 bridgehead atoms. The molecule has 2 nitrogen and oxygen atoms in total. The molecule has 2 saturated carbocycles. The van der Waals surface area contributed by atoms with E-state index < -0.39 is 0 Å². The normalized spacial score (nSPS) is 31.2. The van der Waals surface area contributed by atoms with Crippen molar-refractivity contribution in [1.29, 1.82) is 0 Å². The second kappa shape index (κ2) is 6.40. The Hall–Kier alpha value is -0.0500. The summed E-state index contributed by atoms with van der Waals surface area (Å²) in [4.78, 5) is 12.6. The van der Waals surface area contributed by atoms with Gasteiger partial charge in [-0.3, -0.25) is 4.79 Å². The van der Waals surface area contributed by atoms with Crippen molar-refractivity contribution in [3.63, 3.8) is 0 Å². The average molecular weight is 316 g/mol. The van der Waals surface area contributed by atoms with Gasteiger partial charge in [0.05, 0.1) is 0 Å². The largest absolute Gasteiger partial charge is 0.353 e. The highest BCUT2D eigenvalue weighted by molar-refractivity contribution is 9.09. The zero-order chi connectivity index (χ0) is 13.0. The third-order valence-electron chi connectivity index (χ3n) is 5.14. The topological polar surface area (TPSA) is 29.1 Å². The van der Waals surface area contributed by atoms with Crippen LogP contribution >= 0.6 is 15.9 Å². The highest BCUT2D eigenvalue weighted by atomic mass is 79.9. The number of carbonyl (C=O) groups is 1. The Morgan fingerprint density at radius 1 is 1.22 bits per heavy atom. The molecule has 2 rings (SSSR count). The smallest absolute Gasteiger partial charge is 0.226 e. The van der Waals surface area contributed by atoms with Crippen molar-refractivity contribution in [3.8, 4) is 0 Å². The van der Waals surface area contributed by atoms with Crippen LogP contribution in [0.3, 0.4) is 0 Å². The number of carbonyl (C=O) groups excluding carboxylic acids is 1. The molecule has 0 saturated heterocycles. The fourth-order valence-electron chi connectivity index (χ4n) is 3.70. The zero-order valence-electron chi connectivity index (χ0n) is 11.5. The summed E-state index contributed by atoms with van der Waals surface area (Å²) < 4.78 is 0. The first-order valence-corrected chi connectivity index (χ1v) is 8.71. The molecule has 1 N–H and O–H groups in total. The van der Waals surface area contributed by atoms with Crippen LogP contribution in [0, 0.1) is 11.3 Å².